The third-order valence-corrected chi connectivity index (χ3v) is 4.50. The molecule has 1 heterocycles. The second-order valence-electron chi connectivity index (χ2n) is 6.93. The van der Waals surface area contributed by atoms with Gasteiger partial charge in [-0.05, 0) is 37.1 Å². The van der Waals surface area contributed by atoms with Crippen molar-refractivity contribution in [1.82, 2.24) is 0 Å². The summed E-state index contributed by atoms with van der Waals surface area (Å²) < 4.78 is 10.6. The van der Waals surface area contributed by atoms with Crippen LogP contribution in [-0.4, -0.2) is 24.1 Å². The van der Waals surface area contributed by atoms with Crippen LogP contribution in [0.2, 0.25) is 0 Å². The predicted octanol–water partition coefficient (Wildman–Crippen LogP) is 4.65. The molecule has 0 amide bonds. The van der Waals surface area contributed by atoms with Crippen molar-refractivity contribution in [3.05, 3.63) is 47.7 Å². The van der Waals surface area contributed by atoms with E-state index in [0.29, 0.717) is 6.61 Å². The van der Waals surface area contributed by atoms with E-state index < -0.39 is 23.5 Å². The molecule has 0 bridgehead atoms. The summed E-state index contributed by atoms with van der Waals surface area (Å²) in [5.41, 5.74) is 0.781. The molecule has 2 rings (SSSR count). The zero-order chi connectivity index (χ0) is 20.4. The molecule has 0 spiro atoms. The third kappa shape index (κ3) is 6.80. The van der Waals surface area contributed by atoms with Crippen molar-refractivity contribution in [2.75, 3.05) is 6.61 Å². The molecular weight excluding hydrogens is 356 g/mol. The summed E-state index contributed by atoms with van der Waals surface area (Å²) in [6.45, 7) is 4.40. The van der Waals surface area contributed by atoms with Gasteiger partial charge in [0.25, 0.3) is 0 Å². The number of esters is 1. The number of hydrogen-bond acceptors (Lipinski definition) is 5. The number of carbonyl (C=O) groups is 3. The van der Waals surface area contributed by atoms with E-state index in [2.05, 4.69) is 6.92 Å². The Hall–Kier alpha value is -2.69. The van der Waals surface area contributed by atoms with Crippen molar-refractivity contribution < 1.29 is 23.9 Å². The van der Waals surface area contributed by atoms with Crippen LogP contribution in [0.1, 0.15) is 57.9 Å². The van der Waals surface area contributed by atoms with Crippen molar-refractivity contribution in [2.45, 2.75) is 52.4 Å². The van der Waals surface area contributed by atoms with E-state index in [9.17, 15) is 14.4 Å². The van der Waals surface area contributed by atoms with Crippen LogP contribution in [0.3, 0.4) is 0 Å². The Labute approximate surface area is 166 Å². The van der Waals surface area contributed by atoms with Crippen LogP contribution in [0, 0.1) is 5.92 Å². The number of ether oxygens (including phenoxy) is 2. The summed E-state index contributed by atoms with van der Waals surface area (Å²) in [6, 6.07) is 7.33. The van der Waals surface area contributed by atoms with Crippen molar-refractivity contribution in [3.63, 3.8) is 0 Å². The molecule has 1 aromatic rings. The van der Waals surface area contributed by atoms with Crippen LogP contribution in [0.15, 0.2) is 42.2 Å². The van der Waals surface area contributed by atoms with Gasteiger partial charge >= 0.3 is 5.97 Å². The van der Waals surface area contributed by atoms with Gasteiger partial charge in [0.05, 0.1) is 6.61 Å². The summed E-state index contributed by atoms with van der Waals surface area (Å²) in [6.07, 6.45) is 11.3. The second kappa shape index (κ2) is 11.2. The van der Waals surface area contributed by atoms with E-state index >= 15 is 0 Å². The molecule has 0 N–H and O–H groups in total. The van der Waals surface area contributed by atoms with Crippen molar-refractivity contribution in [3.8, 4) is 5.75 Å². The van der Waals surface area contributed by atoms with Gasteiger partial charge in [-0.1, -0.05) is 57.2 Å². The summed E-state index contributed by atoms with van der Waals surface area (Å²) in [4.78, 5) is 35.8. The number of rotatable bonds is 11. The molecule has 1 aliphatic rings. The van der Waals surface area contributed by atoms with Gasteiger partial charge in [0.1, 0.15) is 11.5 Å². The van der Waals surface area contributed by atoms with Crippen LogP contribution in [0.4, 0.5) is 0 Å². The van der Waals surface area contributed by atoms with Crippen LogP contribution in [-0.2, 0) is 19.1 Å². The normalized spacial score (nSPS) is 16.8. The maximum absolute atomic E-state index is 12.2. The Morgan fingerprint density at radius 3 is 2.43 bits per heavy atom. The highest BCUT2D eigenvalue weighted by atomic mass is 16.5. The summed E-state index contributed by atoms with van der Waals surface area (Å²) in [5, 5.41) is 0. The van der Waals surface area contributed by atoms with E-state index in [-0.39, 0.29) is 5.76 Å². The molecule has 1 aliphatic heterocycles. The van der Waals surface area contributed by atoms with E-state index in [0.717, 1.165) is 17.7 Å². The lowest BCUT2D eigenvalue weighted by atomic mass is 9.96. The molecule has 0 saturated heterocycles. The molecule has 0 radical (unpaired) electrons. The molecule has 5 nitrogen and oxygen atoms in total. The van der Waals surface area contributed by atoms with Crippen LogP contribution in [0.25, 0.3) is 6.08 Å². The minimum Gasteiger partial charge on any atom is -0.494 e. The van der Waals surface area contributed by atoms with Crippen molar-refractivity contribution in [2.24, 2.45) is 5.92 Å². The number of cyclic esters (lactones) is 1. The fourth-order valence-corrected chi connectivity index (χ4v) is 2.93. The second-order valence-corrected chi connectivity index (χ2v) is 6.93. The fraction of sp³-hybridized carbons (Fsp3) is 0.435. The molecule has 1 unspecified atom stereocenters. The average Bonchev–Trinajstić information content (AvgIpc) is 2.66. The zero-order valence-electron chi connectivity index (χ0n) is 16.6. The van der Waals surface area contributed by atoms with Gasteiger partial charge in [-0.3, -0.25) is 14.4 Å². The van der Waals surface area contributed by atoms with Crippen LogP contribution < -0.4 is 4.74 Å². The predicted molar refractivity (Wildman–Crippen MR) is 108 cm³/mol. The molecule has 0 aromatic heterocycles. The largest absolute Gasteiger partial charge is 0.494 e. The topological polar surface area (TPSA) is 69.7 Å². The smallest absolute Gasteiger partial charge is 0.329 e. The Morgan fingerprint density at radius 2 is 1.75 bits per heavy atom. The lowest BCUT2D eigenvalue weighted by Gasteiger charge is -2.15. The molecular formula is C23H28O5. The first-order valence-corrected chi connectivity index (χ1v) is 9.90. The highest BCUT2D eigenvalue weighted by Gasteiger charge is 2.36. The van der Waals surface area contributed by atoms with Gasteiger partial charge in [-0.2, -0.15) is 0 Å². The Bertz CT molecular complexity index is 743. The molecule has 1 atom stereocenters. The zero-order valence-corrected chi connectivity index (χ0v) is 16.6. The molecule has 0 saturated carbocycles. The SMILES string of the molecule is CCCCCCCCOc1ccc(/C=C/C(=O)C2C(=O)C=C(C)OC2=O)cc1. The maximum Gasteiger partial charge on any atom is 0.329 e. The number of unbranched alkanes of at least 4 members (excludes halogenated alkanes) is 5. The van der Waals surface area contributed by atoms with Gasteiger partial charge in [0, 0.05) is 6.08 Å². The fourth-order valence-electron chi connectivity index (χ4n) is 2.93. The minimum absolute atomic E-state index is 0.208. The van der Waals surface area contributed by atoms with Gasteiger partial charge in [-0.15, -0.1) is 0 Å². The first kappa shape index (κ1) is 21.6. The Morgan fingerprint density at radius 1 is 1.07 bits per heavy atom. The van der Waals surface area contributed by atoms with Gasteiger partial charge in [-0.25, -0.2) is 0 Å². The molecule has 28 heavy (non-hydrogen) atoms. The lowest BCUT2D eigenvalue weighted by Crippen LogP contribution is -2.34. The minimum atomic E-state index is -1.40. The number of benzene rings is 1. The van der Waals surface area contributed by atoms with E-state index in [4.69, 9.17) is 9.47 Å². The van der Waals surface area contributed by atoms with Gasteiger partial charge < -0.3 is 9.47 Å². The summed E-state index contributed by atoms with van der Waals surface area (Å²) >= 11 is 0. The standard InChI is InChI=1S/C23H28O5/c1-3-4-5-6-7-8-15-27-19-12-9-18(10-13-19)11-14-20(24)22-21(25)16-17(2)28-23(22)26/h9-14,16,22H,3-8,15H2,1-2H3/b14-11+. The van der Waals surface area contributed by atoms with E-state index in [1.54, 1.807) is 6.08 Å². The number of ketones is 2. The summed E-state index contributed by atoms with van der Waals surface area (Å²) in [7, 11) is 0. The molecule has 5 heteroatoms. The van der Waals surface area contributed by atoms with Gasteiger partial charge in [0.2, 0.25) is 0 Å². The maximum atomic E-state index is 12.2. The monoisotopic (exact) mass is 384 g/mol. The van der Waals surface area contributed by atoms with Crippen LogP contribution in [0.5, 0.6) is 5.75 Å². The first-order chi connectivity index (χ1) is 13.5. The number of allylic oxidation sites excluding steroid dienone is 3. The van der Waals surface area contributed by atoms with Gasteiger partial charge in [0.15, 0.2) is 17.5 Å². The molecule has 1 aromatic carbocycles. The Kier molecular flexibility index (Phi) is 8.66. The van der Waals surface area contributed by atoms with Crippen molar-refractivity contribution in [1.29, 1.82) is 0 Å². The van der Waals surface area contributed by atoms with Crippen LogP contribution >= 0.6 is 0 Å². The highest BCUT2D eigenvalue weighted by Crippen LogP contribution is 2.18. The quantitative estimate of drug-likeness (QED) is 0.240. The van der Waals surface area contributed by atoms with E-state index in [1.807, 2.05) is 24.3 Å². The first-order valence-electron chi connectivity index (χ1n) is 9.90. The summed E-state index contributed by atoms with van der Waals surface area (Å²) in [5.74, 6) is -2.36. The average molecular weight is 384 g/mol. The van der Waals surface area contributed by atoms with E-state index in [1.165, 1.54) is 51.2 Å². The number of carbonyl (C=O) groups excluding carboxylic acids is 3. The molecule has 0 fully saturated rings. The molecule has 0 aliphatic carbocycles. The number of hydrogen-bond donors (Lipinski definition) is 0. The Balaban J connectivity index is 1.79. The molecule has 150 valence electrons. The highest BCUT2D eigenvalue weighted by molar-refractivity contribution is 6.25. The van der Waals surface area contributed by atoms with Crippen molar-refractivity contribution >= 4 is 23.6 Å². The third-order valence-electron chi connectivity index (χ3n) is 4.50. The lowest BCUT2D eigenvalue weighted by molar-refractivity contribution is -0.151.